The molecule has 0 N–H and O–H groups in total. The number of anilines is 1. The van der Waals surface area contributed by atoms with Gasteiger partial charge in [-0.25, -0.2) is 0 Å². The van der Waals surface area contributed by atoms with Crippen LogP contribution < -0.4 is 4.90 Å². The summed E-state index contributed by atoms with van der Waals surface area (Å²) in [5, 5.41) is 28.5. The average Bonchev–Trinajstić information content (AvgIpc) is 3.28. The van der Waals surface area contributed by atoms with E-state index < -0.39 is 0 Å². The number of rotatable bonds is 5. The molecular weight excluding hydrogens is 396 g/mol. The van der Waals surface area contributed by atoms with E-state index in [9.17, 15) is 10.5 Å². The van der Waals surface area contributed by atoms with Crippen molar-refractivity contribution in [2.45, 2.75) is 32.7 Å². The highest BCUT2D eigenvalue weighted by Gasteiger charge is 2.24. The molecular formula is C21H22N8S. The summed E-state index contributed by atoms with van der Waals surface area (Å²) in [5.41, 5.74) is 1.01. The molecule has 0 saturated heterocycles. The Hall–Kier alpha value is -3.56. The van der Waals surface area contributed by atoms with Crippen LogP contribution in [0.25, 0.3) is 0 Å². The van der Waals surface area contributed by atoms with Crippen LogP contribution in [-0.2, 0) is 12.0 Å². The number of benzene rings is 1. The maximum absolute atomic E-state index is 9.57. The van der Waals surface area contributed by atoms with Crippen LogP contribution in [0.2, 0.25) is 0 Å². The summed E-state index contributed by atoms with van der Waals surface area (Å²) in [7, 11) is 3.86. The Morgan fingerprint density at radius 2 is 1.77 bits per heavy atom. The van der Waals surface area contributed by atoms with Crippen molar-refractivity contribution in [3.63, 3.8) is 0 Å². The molecule has 9 heteroatoms. The van der Waals surface area contributed by atoms with Crippen LogP contribution in [0, 0.1) is 22.7 Å². The number of hydrogen-bond acceptors (Lipinski definition) is 8. The van der Waals surface area contributed by atoms with Gasteiger partial charge in [-0.2, -0.15) is 20.5 Å². The predicted molar refractivity (Wildman–Crippen MR) is 117 cm³/mol. The average molecular weight is 419 g/mol. The molecule has 2 heterocycles. The minimum absolute atomic E-state index is 0.0330. The van der Waals surface area contributed by atoms with Gasteiger partial charge in [0.15, 0.2) is 22.3 Å². The van der Waals surface area contributed by atoms with Crippen LogP contribution in [0.4, 0.5) is 16.9 Å². The van der Waals surface area contributed by atoms with Gasteiger partial charge in [-0.15, -0.1) is 10.2 Å². The fraction of sp³-hybridized carbons (Fsp3) is 0.333. The minimum atomic E-state index is -0.157. The summed E-state index contributed by atoms with van der Waals surface area (Å²) >= 11 is 1.56. The largest absolute Gasteiger partial charge is 0.354 e. The first-order valence-electron chi connectivity index (χ1n) is 9.29. The molecule has 0 saturated carbocycles. The third-order valence-corrected chi connectivity index (χ3v) is 5.88. The Morgan fingerprint density at radius 1 is 1.07 bits per heavy atom. The molecule has 3 aromatic rings. The Bertz CT molecular complexity index is 1150. The lowest BCUT2D eigenvalue weighted by molar-refractivity contribution is 0.603. The number of thiazole rings is 1. The van der Waals surface area contributed by atoms with E-state index in [-0.39, 0.29) is 22.8 Å². The predicted octanol–water partition coefficient (Wildman–Crippen LogP) is 4.91. The third kappa shape index (κ3) is 4.37. The lowest BCUT2D eigenvalue weighted by atomic mass is 9.95. The minimum Gasteiger partial charge on any atom is -0.354 e. The van der Waals surface area contributed by atoms with Crippen LogP contribution in [0.3, 0.4) is 0 Å². The summed E-state index contributed by atoms with van der Waals surface area (Å²) in [4.78, 5) is 11.7. The van der Waals surface area contributed by atoms with Crippen molar-refractivity contribution in [2.75, 3.05) is 19.0 Å². The molecule has 3 rings (SSSR count). The van der Waals surface area contributed by atoms with E-state index >= 15 is 0 Å². The highest BCUT2D eigenvalue weighted by molar-refractivity contribution is 7.16. The first kappa shape index (κ1) is 21.2. The van der Waals surface area contributed by atoms with Crippen molar-refractivity contribution >= 4 is 28.2 Å². The van der Waals surface area contributed by atoms with Gasteiger partial charge in [0.05, 0.1) is 11.4 Å². The van der Waals surface area contributed by atoms with Gasteiger partial charge in [-0.1, -0.05) is 62.4 Å². The van der Waals surface area contributed by atoms with E-state index in [0.717, 1.165) is 15.6 Å². The monoisotopic (exact) mass is 418 g/mol. The summed E-state index contributed by atoms with van der Waals surface area (Å²) < 4.78 is 1.60. The van der Waals surface area contributed by atoms with E-state index in [4.69, 9.17) is 0 Å². The molecule has 0 aliphatic rings. The van der Waals surface area contributed by atoms with Gasteiger partial charge in [0, 0.05) is 19.5 Å². The first-order chi connectivity index (χ1) is 14.2. The molecule has 30 heavy (non-hydrogen) atoms. The molecule has 0 aliphatic heterocycles. The highest BCUT2D eigenvalue weighted by Crippen LogP contribution is 2.40. The Kier molecular flexibility index (Phi) is 5.95. The molecule has 0 spiro atoms. The molecule has 2 aromatic heterocycles. The Morgan fingerprint density at radius 3 is 2.33 bits per heavy atom. The standard InChI is InChI=1S/C21H22N8S/c1-21(2,3)17-18(25-20(30-17)28(4)5)26-27-19-24-15(11-22)16(12-23)29(19)13-14-9-7-6-8-10-14/h6-10H,13H2,1-5H3. The smallest absolute Gasteiger partial charge is 0.252 e. The van der Waals surface area contributed by atoms with Crippen molar-refractivity contribution in [1.82, 2.24) is 14.5 Å². The molecule has 0 atom stereocenters. The SMILES string of the molecule is CN(C)c1nc(N=Nc2nc(C#N)c(C#N)n2Cc2ccccc2)c(C(C)(C)C)s1. The van der Waals surface area contributed by atoms with Crippen LogP contribution >= 0.6 is 11.3 Å². The molecule has 0 radical (unpaired) electrons. The van der Waals surface area contributed by atoms with Gasteiger partial charge >= 0.3 is 0 Å². The fourth-order valence-corrected chi connectivity index (χ4v) is 3.75. The zero-order valence-electron chi connectivity index (χ0n) is 17.6. The fourth-order valence-electron chi connectivity index (χ4n) is 2.77. The molecule has 1 aromatic carbocycles. The molecule has 0 aliphatic carbocycles. The summed E-state index contributed by atoms with van der Waals surface area (Å²) in [5.74, 6) is 0.716. The number of azo groups is 1. The maximum atomic E-state index is 9.57. The summed E-state index contributed by atoms with van der Waals surface area (Å²) in [6.45, 7) is 6.64. The number of imidazole rings is 1. The summed E-state index contributed by atoms with van der Waals surface area (Å²) in [6, 6.07) is 13.7. The van der Waals surface area contributed by atoms with Crippen LogP contribution in [0.15, 0.2) is 40.6 Å². The molecule has 0 bridgehead atoms. The number of hydrogen-bond donors (Lipinski definition) is 0. The van der Waals surface area contributed by atoms with Gasteiger partial charge in [0.25, 0.3) is 5.95 Å². The Balaban J connectivity index is 2.07. The third-order valence-electron chi connectivity index (χ3n) is 4.24. The van der Waals surface area contributed by atoms with E-state index in [1.165, 1.54) is 0 Å². The lowest BCUT2D eigenvalue weighted by Gasteiger charge is -2.15. The second kappa shape index (κ2) is 8.44. The summed E-state index contributed by atoms with van der Waals surface area (Å²) in [6.07, 6.45) is 0. The van der Waals surface area contributed by atoms with E-state index in [0.29, 0.717) is 12.4 Å². The second-order valence-corrected chi connectivity index (χ2v) is 8.88. The van der Waals surface area contributed by atoms with Crippen molar-refractivity contribution in [1.29, 1.82) is 10.5 Å². The van der Waals surface area contributed by atoms with Gasteiger partial charge < -0.3 is 4.90 Å². The Labute approximate surface area is 179 Å². The quantitative estimate of drug-likeness (QED) is 0.547. The van der Waals surface area contributed by atoms with E-state index in [1.54, 1.807) is 15.9 Å². The number of nitrogens with zero attached hydrogens (tertiary/aromatic N) is 8. The zero-order chi connectivity index (χ0) is 21.9. The molecule has 0 amide bonds. The molecule has 8 nitrogen and oxygen atoms in total. The van der Waals surface area contributed by atoms with Crippen molar-refractivity contribution in [3.05, 3.63) is 52.2 Å². The maximum Gasteiger partial charge on any atom is 0.252 e. The van der Waals surface area contributed by atoms with E-state index in [1.807, 2.05) is 55.4 Å². The van der Waals surface area contributed by atoms with E-state index in [2.05, 4.69) is 47.0 Å². The number of aromatic nitrogens is 3. The number of nitriles is 2. The van der Waals surface area contributed by atoms with Crippen molar-refractivity contribution in [2.24, 2.45) is 10.2 Å². The van der Waals surface area contributed by atoms with Gasteiger partial charge in [-0.3, -0.25) is 4.57 Å². The van der Waals surface area contributed by atoms with Crippen LogP contribution in [0.5, 0.6) is 0 Å². The molecule has 0 unspecified atom stereocenters. The van der Waals surface area contributed by atoms with Crippen molar-refractivity contribution in [3.8, 4) is 12.1 Å². The van der Waals surface area contributed by atoms with Gasteiger partial charge in [0.1, 0.15) is 12.1 Å². The van der Waals surface area contributed by atoms with Crippen molar-refractivity contribution < 1.29 is 0 Å². The molecule has 152 valence electrons. The lowest BCUT2D eigenvalue weighted by Crippen LogP contribution is -2.09. The normalized spacial score (nSPS) is 11.4. The highest BCUT2D eigenvalue weighted by atomic mass is 32.1. The van der Waals surface area contributed by atoms with Gasteiger partial charge in [0.2, 0.25) is 0 Å². The van der Waals surface area contributed by atoms with Gasteiger partial charge in [-0.05, 0) is 5.56 Å². The zero-order valence-corrected chi connectivity index (χ0v) is 18.4. The topological polar surface area (TPSA) is 106 Å². The second-order valence-electron chi connectivity index (χ2n) is 7.90. The molecule has 0 fully saturated rings. The van der Waals surface area contributed by atoms with Crippen LogP contribution in [0.1, 0.15) is 42.6 Å². The van der Waals surface area contributed by atoms with Crippen LogP contribution in [-0.4, -0.2) is 28.6 Å². The first-order valence-corrected chi connectivity index (χ1v) is 10.1.